The normalized spacial score (nSPS) is 21.7. The maximum atomic E-state index is 13.6. The number of hydrogen-bond donors (Lipinski definition) is 3. The van der Waals surface area contributed by atoms with Gasteiger partial charge in [-0.05, 0) is 81.1 Å². The average Bonchev–Trinajstić information content (AvgIpc) is 3.37. The average molecular weight is 483 g/mol. The Kier molecular flexibility index (Phi) is 7.83. The number of carbonyl (C=O) groups excluding carboxylic acids is 2. The Labute approximate surface area is 206 Å². The van der Waals surface area contributed by atoms with Crippen LogP contribution in [-0.4, -0.2) is 77.5 Å². The number of hydrogen-bond acceptors (Lipinski definition) is 6. The third kappa shape index (κ3) is 6.13. The summed E-state index contributed by atoms with van der Waals surface area (Å²) in [6, 6.07) is 5.32. The van der Waals surface area contributed by atoms with Crippen LogP contribution in [0.25, 0.3) is 10.9 Å². The number of aromatic nitrogens is 2. The molecule has 1 aromatic carbocycles. The number of carbonyl (C=O) groups is 2. The molecule has 1 unspecified atom stereocenters. The van der Waals surface area contributed by atoms with Gasteiger partial charge in [0.25, 0.3) is 0 Å². The molecule has 0 spiro atoms. The van der Waals surface area contributed by atoms with Crippen molar-refractivity contribution in [3.8, 4) is 0 Å². The number of fused-ring (bicyclic) bond motifs is 1. The first kappa shape index (κ1) is 24.1. The van der Waals surface area contributed by atoms with Gasteiger partial charge in [0.1, 0.15) is 6.04 Å². The Morgan fingerprint density at radius 2 is 1.77 bits per heavy atom. The molecule has 3 aliphatic rings. The van der Waals surface area contributed by atoms with Crippen molar-refractivity contribution < 1.29 is 14.4 Å². The van der Waals surface area contributed by atoms with Gasteiger partial charge in [0.05, 0.1) is 11.7 Å². The fraction of sp³-hybridized carbons (Fsp3) is 0.654. The van der Waals surface area contributed by atoms with Crippen LogP contribution in [0.15, 0.2) is 24.4 Å². The molecule has 9 heteroatoms. The van der Waals surface area contributed by atoms with Crippen LogP contribution in [0.5, 0.6) is 0 Å². The minimum atomic E-state index is -0.660. The Balaban J connectivity index is 1.24. The lowest BCUT2D eigenvalue weighted by Gasteiger charge is -2.39. The van der Waals surface area contributed by atoms with Crippen LogP contribution in [0, 0.1) is 11.8 Å². The van der Waals surface area contributed by atoms with E-state index in [1.807, 2.05) is 23.1 Å². The first-order valence-corrected chi connectivity index (χ1v) is 13.3. The minimum Gasteiger partial charge on any atom is -0.351 e. The SMILES string of the molecule is O=C(NC(Cc1ccc2[nH]ncc2c1)C(=O)N1CCC(C2CCNCC2)CC1)ON1CCCCC1. The first-order valence-electron chi connectivity index (χ1n) is 13.3. The highest BCUT2D eigenvalue weighted by molar-refractivity contribution is 5.86. The summed E-state index contributed by atoms with van der Waals surface area (Å²) in [5, 5.41) is 16.1. The van der Waals surface area contributed by atoms with E-state index < -0.39 is 12.1 Å². The Morgan fingerprint density at radius 3 is 2.54 bits per heavy atom. The van der Waals surface area contributed by atoms with E-state index in [4.69, 9.17) is 4.84 Å². The molecule has 190 valence electrons. The van der Waals surface area contributed by atoms with Gasteiger partial charge < -0.3 is 20.4 Å². The van der Waals surface area contributed by atoms with E-state index in [0.29, 0.717) is 12.3 Å². The van der Waals surface area contributed by atoms with Gasteiger partial charge in [-0.1, -0.05) is 12.5 Å². The Bertz CT molecular complexity index is 990. The summed E-state index contributed by atoms with van der Waals surface area (Å²) in [6.45, 7) is 5.22. The molecule has 0 saturated carbocycles. The van der Waals surface area contributed by atoms with Gasteiger partial charge in [0.2, 0.25) is 5.91 Å². The number of nitrogens with zero attached hydrogens (tertiary/aromatic N) is 3. The molecular formula is C26H38N6O3. The molecule has 3 aliphatic heterocycles. The Hall–Kier alpha value is -2.65. The fourth-order valence-corrected chi connectivity index (χ4v) is 5.92. The molecule has 2 aromatic rings. The highest BCUT2D eigenvalue weighted by Crippen LogP contribution is 2.31. The lowest BCUT2D eigenvalue weighted by molar-refractivity contribution is -0.136. The van der Waals surface area contributed by atoms with Crippen molar-refractivity contribution in [2.24, 2.45) is 11.8 Å². The monoisotopic (exact) mass is 482 g/mol. The van der Waals surface area contributed by atoms with Crippen LogP contribution in [0.3, 0.4) is 0 Å². The summed E-state index contributed by atoms with van der Waals surface area (Å²) in [6.07, 6.45) is 9.42. The minimum absolute atomic E-state index is 0.0170. The third-order valence-corrected chi connectivity index (χ3v) is 7.96. The van der Waals surface area contributed by atoms with Gasteiger partial charge >= 0.3 is 6.09 Å². The molecule has 1 atom stereocenters. The van der Waals surface area contributed by atoms with Crippen molar-refractivity contribution in [3.05, 3.63) is 30.0 Å². The standard InChI is InChI=1S/C26H38N6O3/c33-25(31-14-8-21(9-15-31)20-6-10-27-11-7-20)24(29-26(34)35-32-12-2-1-3-13-32)17-19-4-5-23-22(16-19)18-28-30-23/h4-5,16,18,20-21,24,27H,1-3,6-15,17H2,(H,28,30)(H,29,34). The highest BCUT2D eigenvalue weighted by atomic mass is 16.7. The van der Waals surface area contributed by atoms with E-state index in [2.05, 4.69) is 20.8 Å². The van der Waals surface area contributed by atoms with Gasteiger partial charge in [-0.15, -0.1) is 5.06 Å². The van der Waals surface area contributed by atoms with Crippen molar-refractivity contribution >= 4 is 22.9 Å². The van der Waals surface area contributed by atoms with E-state index in [1.165, 1.54) is 12.8 Å². The molecule has 2 amide bonds. The zero-order valence-corrected chi connectivity index (χ0v) is 20.5. The number of aromatic amines is 1. The number of piperidine rings is 3. The summed E-state index contributed by atoms with van der Waals surface area (Å²) in [5.74, 6) is 1.44. The maximum absolute atomic E-state index is 13.6. The van der Waals surface area contributed by atoms with E-state index in [-0.39, 0.29) is 5.91 Å². The lowest BCUT2D eigenvalue weighted by Crippen LogP contribution is -2.53. The number of hydroxylamine groups is 2. The molecule has 0 aliphatic carbocycles. The molecule has 3 N–H and O–H groups in total. The number of nitrogens with one attached hydrogen (secondary N) is 3. The number of amides is 2. The van der Waals surface area contributed by atoms with E-state index in [9.17, 15) is 9.59 Å². The van der Waals surface area contributed by atoms with Crippen LogP contribution in [-0.2, 0) is 16.1 Å². The fourth-order valence-electron chi connectivity index (χ4n) is 5.92. The summed E-state index contributed by atoms with van der Waals surface area (Å²) >= 11 is 0. The van der Waals surface area contributed by atoms with Crippen LogP contribution >= 0.6 is 0 Å². The second-order valence-corrected chi connectivity index (χ2v) is 10.3. The lowest BCUT2D eigenvalue weighted by atomic mass is 9.79. The number of benzene rings is 1. The molecule has 9 nitrogen and oxygen atoms in total. The Morgan fingerprint density at radius 1 is 1.03 bits per heavy atom. The molecule has 35 heavy (non-hydrogen) atoms. The number of rotatable bonds is 6. The second kappa shape index (κ2) is 11.4. The third-order valence-electron chi connectivity index (χ3n) is 7.96. The molecule has 4 heterocycles. The van der Waals surface area contributed by atoms with Crippen LogP contribution < -0.4 is 10.6 Å². The topological polar surface area (TPSA) is 103 Å². The summed E-state index contributed by atoms with van der Waals surface area (Å²) in [7, 11) is 0. The van der Waals surface area contributed by atoms with Crippen molar-refractivity contribution in [2.45, 2.75) is 57.4 Å². The predicted molar refractivity (Wildman–Crippen MR) is 134 cm³/mol. The van der Waals surface area contributed by atoms with Crippen molar-refractivity contribution in [1.82, 2.24) is 30.8 Å². The van der Waals surface area contributed by atoms with Gasteiger partial charge in [-0.3, -0.25) is 9.89 Å². The zero-order chi connectivity index (χ0) is 24.0. The molecule has 0 radical (unpaired) electrons. The van der Waals surface area contributed by atoms with Gasteiger partial charge in [-0.2, -0.15) is 5.10 Å². The van der Waals surface area contributed by atoms with E-state index in [0.717, 1.165) is 93.8 Å². The zero-order valence-electron chi connectivity index (χ0n) is 20.5. The first-order chi connectivity index (χ1) is 17.2. The number of H-pyrrole nitrogens is 1. The summed E-state index contributed by atoms with van der Waals surface area (Å²) in [5.41, 5.74) is 1.94. The van der Waals surface area contributed by atoms with Gasteiger partial charge in [0.15, 0.2) is 0 Å². The molecule has 5 rings (SSSR count). The smallest absolute Gasteiger partial charge is 0.351 e. The van der Waals surface area contributed by atoms with Crippen molar-refractivity contribution in [1.29, 1.82) is 0 Å². The van der Waals surface area contributed by atoms with Crippen molar-refractivity contribution in [2.75, 3.05) is 39.3 Å². The van der Waals surface area contributed by atoms with Crippen LogP contribution in [0.2, 0.25) is 0 Å². The van der Waals surface area contributed by atoms with Gasteiger partial charge in [0, 0.05) is 38.0 Å². The number of likely N-dealkylation sites (tertiary alicyclic amines) is 1. The van der Waals surface area contributed by atoms with Gasteiger partial charge in [-0.25, -0.2) is 4.79 Å². The van der Waals surface area contributed by atoms with Crippen molar-refractivity contribution in [3.63, 3.8) is 0 Å². The highest BCUT2D eigenvalue weighted by Gasteiger charge is 2.33. The summed E-state index contributed by atoms with van der Waals surface area (Å²) < 4.78 is 0. The molecule has 3 saturated heterocycles. The maximum Gasteiger partial charge on any atom is 0.426 e. The molecular weight excluding hydrogens is 444 g/mol. The molecule has 3 fully saturated rings. The molecule has 1 aromatic heterocycles. The summed E-state index contributed by atoms with van der Waals surface area (Å²) in [4.78, 5) is 33.9. The largest absolute Gasteiger partial charge is 0.426 e. The predicted octanol–water partition coefficient (Wildman–Crippen LogP) is 2.84. The molecule has 0 bridgehead atoms. The van der Waals surface area contributed by atoms with Crippen LogP contribution in [0.4, 0.5) is 4.79 Å². The quantitative estimate of drug-likeness (QED) is 0.585. The van der Waals surface area contributed by atoms with E-state index >= 15 is 0 Å². The van der Waals surface area contributed by atoms with Crippen LogP contribution in [0.1, 0.15) is 50.5 Å². The van der Waals surface area contributed by atoms with E-state index in [1.54, 1.807) is 11.3 Å². The second-order valence-electron chi connectivity index (χ2n) is 10.3.